The van der Waals surface area contributed by atoms with Crippen LogP contribution in [0.5, 0.6) is 0 Å². The average Bonchev–Trinajstić information content (AvgIpc) is 2.39. The van der Waals surface area contributed by atoms with Crippen molar-refractivity contribution in [3.63, 3.8) is 0 Å². The summed E-state index contributed by atoms with van der Waals surface area (Å²) in [4.78, 5) is 13.4. The summed E-state index contributed by atoms with van der Waals surface area (Å²) in [5.41, 5.74) is 1.11. The van der Waals surface area contributed by atoms with E-state index in [-0.39, 0.29) is 0 Å². The fourth-order valence-electron chi connectivity index (χ4n) is 2.60. The van der Waals surface area contributed by atoms with Crippen LogP contribution < -0.4 is 15.1 Å². The first kappa shape index (κ1) is 12.6. The first-order valence-corrected chi connectivity index (χ1v) is 6.85. The summed E-state index contributed by atoms with van der Waals surface area (Å²) in [6.45, 7) is 7.05. The Bertz CT molecular complexity index is 418. The molecule has 2 aliphatic rings. The van der Waals surface area contributed by atoms with E-state index in [0.29, 0.717) is 12.1 Å². The summed E-state index contributed by atoms with van der Waals surface area (Å²) in [5.74, 6) is 0.805. The molecule has 0 aromatic carbocycles. The number of rotatable bonds is 3. The zero-order valence-electron chi connectivity index (χ0n) is 11.5. The number of piperazine rings is 1. The quantitative estimate of drug-likeness (QED) is 0.835. The third kappa shape index (κ3) is 2.50. The van der Waals surface area contributed by atoms with Crippen LogP contribution in [-0.2, 0) is 4.74 Å². The van der Waals surface area contributed by atoms with Gasteiger partial charge in [0.2, 0.25) is 5.95 Å². The molecule has 1 unspecified atom stereocenters. The van der Waals surface area contributed by atoms with Crippen molar-refractivity contribution in [1.82, 2.24) is 15.3 Å². The lowest BCUT2D eigenvalue weighted by Gasteiger charge is -2.38. The number of methoxy groups -OCH3 is 1. The van der Waals surface area contributed by atoms with Crippen molar-refractivity contribution in [2.24, 2.45) is 0 Å². The van der Waals surface area contributed by atoms with Gasteiger partial charge < -0.3 is 19.9 Å². The summed E-state index contributed by atoms with van der Waals surface area (Å²) < 4.78 is 5.26. The van der Waals surface area contributed by atoms with E-state index in [0.717, 1.165) is 44.4 Å². The Balaban J connectivity index is 1.65. The van der Waals surface area contributed by atoms with E-state index in [1.54, 1.807) is 7.11 Å². The van der Waals surface area contributed by atoms with Gasteiger partial charge in [-0.2, -0.15) is 0 Å². The van der Waals surface area contributed by atoms with Crippen molar-refractivity contribution in [2.75, 3.05) is 49.6 Å². The van der Waals surface area contributed by atoms with Crippen molar-refractivity contribution in [3.05, 3.63) is 12.4 Å². The van der Waals surface area contributed by atoms with Gasteiger partial charge in [-0.25, -0.2) is 9.97 Å². The van der Waals surface area contributed by atoms with Crippen molar-refractivity contribution in [1.29, 1.82) is 0 Å². The maximum absolute atomic E-state index is 5.26. The second-order valence-corrected chi connectivity index (χ2v) is 5.25. The molecule has 2 saturated heterocycles. The third-order valence-electron chi connectivity index (χ3n) is 3.92. The number of hydrogen-bond donors (Lipinski definition) is 1. The van der Waals surface area contributed by atoms with Gasteiger partial charge in [-0.15, -0.1) is 0 Å². The fraction of sp³-hybridized carbons (Fsp3) is 0.692. The van der Waals surface area contributed by atoms with Crippen LogP contribution in [0.25, 0.3) is 0 Å². The molecule has 3 rings (SSSR count). The molecular weight excluding hydrogens is 242 g/mol. The van der Waals surface area contributed by atoms with E-state index in [1.165, 1.54) is 0 Å². The smallest absolute Gasteiger partial charge is 0.225 e. The van der Waals surface area contributed by atoms with Gasteiger partial charge >= 0.3 is 0 Å². The Kier molecular flexibility index (Phi) is 3.52. The van der Waals surface area contributed by atoms with E-state index in [9.17, 15) is 0 Å². The van der Waals surface area contributed by atoms with Crippen LogP contribution in [0.15, 0.2) is 12.4 Å². The normalized spacial score (nSPS) is 24.4. The molecule has 0 spiro atoms. The van der Waals surface area contributed by atoms with Gasteiger partial charge in [0.15, 0.2) is 0 Å². The van der Waals surface area contributed by atoms with Crippen LogP contribution in [-0.4, -0.2) is 61.9 Å². The number of aromatic nitrogens is 2. The van der Waals surface area contributed by atoms with Crippen molar-refractivity contribution in [2.45, 2.75) is 19.1 Å². The van der Waals surface area contributed by atoms with E-state index in [2.05, 4.69) is 32.0 Å². The maximum Gasteiger partial charge on any atom is 0.225 e. The molecule has 1 atom stereocenters. The molecule has 6 heteroatoms. The molecule has 1 aromatic rings. The van der Waals surface area contributed by atoms with Crippen LogP contribution in [0.3, 0.4) is 0 Å². The molecule has 2 aliphatic heterocycles. The van der Waals surface area contributed by atoms with Gasteiger partial charge in [-0.05, 0) is 6.92 Å². The van der Waals surface area contributed by atoms with Gasteiger partial charge in [0.25, 0.3) is 0 Å². The zero-order chi connectivity index (χ0) is 13.2. The van der Waals surface area contributed by atoms with Gasteiger partial charge in [0.1, 0.15) is 0 Å². The van der Waals surface area contributed by atoms with E-state index in [1.807, 2.05) is 12.4 Å². The SMILES string of the molecule is COC1CN(c2ncc(N3CCNCC3C)cn2)C1. The molecule has 0 radical (unpaired) electrons. The van der Waals surface area contributed by atoms with E-state index >= 15 is 0 Å². The van der Waals surface area contributed by atoms with Gasteiger partial charge in [0, 0.05) is 45.9 Å². The Morgan fingerprint density at radius 3 is 2.68 bits per heavy atom. The second kappa shape index (κ2) is 5.30. The maximum atomic E-state index is 5.26. The molecule has 19 heavy (non-hydrogen) atoms. The van der Waals surface area contributed by atoms with Gasteiger partial charge in [-0.3, -0.25) is 0 Å². The minimum Gasteiger partial charge on any atom is -0.378 e. The van der Waals surface area contributed by atoms with Crippen molar-refractivity contribution >= 4 is 11.6 Å². The minimum absolute atomic E-state index is 0.330. The molecule has 1 aromatic heterocycles. The first-order valence-electron chi connectivity index (χ1n) is 6.85. The van der Waals surface area contributed by atoms with Gasteiger partial charge in [-0.1, -0.05) is 0 Å². The molecule has 2 fully saturated rings. The standard InChI is InChI=1S/C13H21N5O/c1-10-5-14-3-4-18(10)11-6-15-13(16-7-11)17-8-12(9-17)19-2/h6-7,10,12,14H,3-5,8-9H2,1-2H3. The first-order chi connectivity index (χ1) is 9.28. The van der Waals surface area contributed by atoms with Crippen LogP contribution in [0, 0.1) is 0 Å². The number of anilines is 2. The Morgan fingerprint density at radius 1 is 1.32 bits per heavy atom. The van der Waals surface area contributed by atoms with Crippen LogP contribution in [0.2, 0.25) is 0 Å². The number of nitrogens with zero attached hydrogens (tertiary/aromatic N) is 4. The molecule has 1 N–H and O–H groups in total. The summed E-state index contributed by atoms with van der Waals surface area (Å²) in [5, 5.41) is 3.39. The van der Waals surface area contributed by atoms with Crippen LogP contribution in [0.4, 0.5) is 11.6 Å². The summed E-state index contributed by atoms with van der Waals surface area (Å²) in [6.07, 6.45) is 4.20. The lowest BCUT2D eigenvalue weighted by molar-refractivity contribution is 0.0778. The topological polar surface area (TPSA) is 53.5 Å². The number of ether oxygens (including phenoxy) is 1. The summed E-state index contributed by atoms with van der Waals surface area (Å²) in [6, 6.07) is 0.491. The fourth-order valence-corrected chi connectivity index (χ4v) is 2.60. The monoisotopic (exact) mass is 263 g/mol. The third-order valence-corrected chi connectivity index (χ3v) is 3.92. The molecule has 0 aliphatic carbocycles. The highest BCUT2D eigenvalue weighted by molar-refractivity contribution is 5.47. The van der Waals surface area contributed by atoms with Crippen LogP contribution in [0.1, 0.15) is 6.92 Å². The summed E-state index contributed by atoms with van der Waals surface area (Å²) >= 11 is 0. The molecular formula is C13H21N5O. The Hall–Kier alpha value is -1.40. The van der Waals surface area contributed by atoms with Gasteiger partial charge in [0.05, 0.1) is 24.2 Å². The Morgan fingerprint density at radius 2 is 2.05 bits per heavy atom. The number of hydrogen-bond acceptors (Lipinski definition) is 6. The highest BCUT2D eigenvalue weighted by Gasteiger charge is 2.28. The predicted molar refractivity (Wildman–Crippen MR) is 74.7 cm³/mol. The molecule has 0 saturated carbocycles. The largest absolute Gasteiger partial charge is 0.378 e. The van der Waals surface area contributed by atoms with Crippen molar-refractivity contribution in [3.8, 4) is 0 Å². The minimum atomic E-state index is 0.330. The predicted octanol–water partition coefficient (Wildman–Crippen LogP) is 0.110. The molecule has 0 amide bonds. The van der Waals surface area contributed by atoms with Crippen LogP contribution >= 0.6 is 0 Å². The molecule has 104 valence electrons. The lowest BCUT2D eigenvalue weighted by Crippen LogP contribution is -2.52. The van der Waals surface area contributed by atoms with E-state index < -0.39 is 0 Å². The molecule has 3 heterocycles. The summed E-state index contributed by atoms with van der Waals surface area (Å²) in [7, 11) is 1.75. The average molecular weight is 263 g/mol. The second-order valence-electron chi connectivity index (χ2n) is 5.25. The van der Waals surface area contributed by atoms with E-state index in [4.69, 9.17) is 4.74 Å². The zero-order valence-corrected chi connectivity index (χ0v) is 11.5. The van der Waals surface area contributed by atoms with Crippen molar-refractivity contribution < 1.29 is 4.74 Å². The lowest BCUT2D eigenvalue weighted by atomic mass is 10.2. The highest BCUT2D eigenvalue weighted by atomic mass is 16.5. The molecule has 0 bridgehead atoms. The molecule has 6 nitrogen and oxygen atoms in total. The number of nitrogens with one attached hydrogen (secondary N) is 1. The Labute approximate surface area is 113 Å². The highest BCUT2D eigenvalue weighted by Crippen LogP contribution is 2.21.